The van der Waals surface area contributed by atoms with Gasteiger partial charge in [-0.15, -0.1) is 0 Å². The first-order valence-corrected chi connectivity index (χ1v) is 7.33. The molecule has 3 heteroatoms. The molecule has 1 unspecified atom stereocenters. The summed E-state index contributed by atoms with van der Waals surface area (Å²) in [4.78, 5) is 11.7. The number of esters is 1. The molecule has 20 heavy (non-hydrogen) atoms. The van der Waals surface area contributed by atoms with Crippen LogP contribution in [0.15, 0.2) is 36.4 Å². The van der Waals surface area contributed by atoms with Crippen molar-refractivity contribution in [3.05, 3.63) is 42.0 Å². The molecule has 1 saturated carbocycles. The maximum absolute atomic E-state index is 11.7. The van der Waals surface area contributed by atoms with E-state index >= 15 is 0 Å². The summed E-state index contributed by atoms with van der Waals surface area (Å²) in [5, 5.41) is 0. The Morgan fingerprint density at radius 3 is 2.60 bits per heavy atom. The van der Waals surface area contributed by atoms with Crippen molar-refractivity contribution in [2.75, 3.05) is 0 Å². The van der Waals surface area contributed by atoms with E-state index in [-0.39, 0.29) is 12.1 Å². The molecule has 1 aliphatic rings. The third-order valence-corrected chi connectivity index (χ3v) is 3.43. The van der Waals surface area contributed by atoms with Gasteiger partial charge in [-0.1, -0.05) is 49.6 Å². The van der Waals surface area contributed by atoms with E-state index in [1.54, 1.807) is 13.0 Å². The van der Waals surface area contributed by atoms with Crippen molar-refractivity contribution in [1.82, 2.24) is 0 Å². The summed E-state index contributed by atoms with van der Waals surface area (Å²) in [5.74, 6) is -0.364. The molecule has 0 saturated heterocycles. The molecule has 1 atom stereocenters. The van der Waals surface area contributed by atoms with E-state index in [1.165, 1.54) is 25.3 Å². The number of hydrogen-bond acceptors (Lipinski definition) is 3. The second-order valence-corrected chi connectivity index (χ2v) is 5.14. The molecule has 3 nitrogen and oxygen atoms in total. The van der Waals surface area contributed by atoms with E-state index < -0.39 is 6.29 Å². The summed E-state index contributed by atoms with van der Waals surface area (Å²) in [6.45, 7) is 1.78. The van der Waals surface area contributed by atoms with Gasteiger partial charge in [0.1, 0.15) is 0 Å². The van der Waals surface area contributed by atoms with Gasteiger partial charge in [0.15, 0.2) is 0 Å². The zero-order valence-corrected chi connectivity index (χ0v) is 12.0. The van der Waals surface area contributed by atoms with Crippen molar-refractivity contribution in [3.63, 3.8) is 0 Å². The van der Waals surface area contributed by atoms with Gasteiger partial charge in [-0.25, -0.2) is 4.79 Å². The normalized spacial score (nSPS) is 18.1. The molecule has 1 fully saturated rings. The van der Waals surface area contributed by atoms with Crippen LogP contribution in [0.4, 0.5) is 0 Å². The van der Waals surface area contributed by atoms with Crippen LogP contribution in [0.5, 0.6) is 0 Å². The first-order valence-electron chi connectivity index (χ1n) is 7.33. The summed E-state index contributed by atoms with van der Waals surface area (Å²) in [6.07, 6.45) is 8.79. The maximum atomic E-state index is 11.7. The third-order valence-electron chi connectivity index (χ3n) is 3.43. The Balaban J connectivity index is 1.74. The fraction of sp³-hybridized carbons (Fsp3) is 0.471. The molecular weight excluding hydrogens is 252 g/mol. The van der Waals surface area contributed by atoms with Crippen molar-refractivity contribution in [2.24, 2.45) is 0 Å². The van der Waals surface area contributed by atoms with Crippen LogP contribution in [0.2, 0.25) is 0 Å². The number of ether oxygens (including phenoxy) is 2. The molecule has 0 radical (unpaired) electrons. The molecule has 0 N–H and O–H groups in total. The minimum atomic E-state index is -0.481. The number of rotatable bonds is 5. The molecule has 1 aromatic rings. The summed E-state index contributed by atoms with van der Waals surface area (Å²) >= 11 is 0. The van der Waals surface area contributed by atoms with E-state index in [0.29, 0.717) is 0 Å². The minimum Gasteiger partial charge on any atom is -0.433 e. The molecule has 0 bridgehead atoms. The average molecular weight is 274 g/mol. The van der Waals surface area contributed by atoms with Crippen LogP contribution in [0, 0.1) is 0 Å². The van der Waals surface area contributed by atoms with E-state index in [1.807, 2.05) is 30.3 Å². The predicted molar refractivity (Wildman–Crippen MR) is 79.0 cm³/mol. The quantitative estimate of drug-likeness (QED) is 0.463. The third kappa shape index (κ3) is 5.17. The summed E-state index contributed by atoms with van der Waals surface area (Å²) in [5.41, 5.74) is 0.977. The smallest absolute Gasteiger partial charge is 0.333 e. The highest BCUT2D eigenvalue weighted by atomic mass is 16.7. The van der Waals surface area contributed by atoms with Crippen molar-refractivity contribution in [2.45, 2.75) is 51.4 Å². The molecule has 0 amide bonds. The topological polar surface area (TPSA) is 35.5 Å². The Morgan fingerprint density at radius 1 is 1.20 bits per heavy atom. The lowest BCUT2D eigenvalue weighted by molar-refractivity contribution is -0.182. The molecular formula is C17H22O3. The fourth-order valence-electron chi connectivity index (χ4n) is 2.43. The van der Waals surface area contributed by atoms with E-state index in [4.69, 9.17) is 9.47 Å². The number of carbonyl (C=O) groups is 1. The van der Waals surface area contributed by atoms with Gasteiger partial charge < -0.3 is 9.47 Å². The van der Waals surface area contributed by atoms with Gasteiger partial charge >= 0.3 is 5.97 Å². The lowest BCUT2D eigenvalue weighted by Gasteiger charge is -2.25. The second-order valence-electron chi connectivity index (χ2n) is 5.14. The summed E-state index contributed by atoms with van der Waals surface area (Å²) < 4.78 is 11.0. The van der Waals surface area contributed by atoms with Crippen LogP contribution in [-0.4, -0.2) is 18.4 Å². The van der Waals surface area contributed by atoms with Gasteiger partial charge in [0.2, 0.25) is 6.29 Å². The first kappa shape index (κ1) is 14.8. The standard InChI is InChI=1S/C17H22O3/c1-14(19-16-10-6-3-7-11-16)20-17(18)13-12-15-8-4-2-5-9-15/h2,4-5,8-9,12-14,16H,3,6-7,10-11H2,1H3. The molecule has 108 valence electrons. The molecule has 0 aromatic heterocycles. The maximum Gasteiger partial charge on any atom is 0.333 e. The van der Waals surface area contributed by atoms with Crippen molar-refractivity contribution in [3.8, 4) is 0 Å². The highest BCUT2D eigenvalue weighted by Crippen LogP contribution is 2.21. The van der Waals surface area contributed by atoms with E-state index in [0.717, 1.165) is 18.4 Å². The molecule has 0 aliphatic heterocycles. The Kier molecular flexibility index (Phi) is 5.81. The Hall–Kier alpha value is -1.61. The van der Waals surface area contributed by atoms with Crippen LogP contribution < -0.4 is 0 Å². The predicted octanol–water partition coefficient (Wildman–Crippen LogP) is 3.94. The molecule has 1 aromatic carbocycles. The number of carbonyl (C=O) groups excluding carboxylic acids is 1. The first-order chi connectivity index (χ1) is 9.74. The van der Waals surface area contributed by atoms with Crippen LogP contribution in [0.3, 0.4) is 0 Å². The van der Waals surface area contributed by atoms with Crippen LogP contribution in [0.1, 0.15) is 44.6 Å². The molecule has 0 heterocycles. The van der Waals surface area contributed by atoms with E-state index in [2.05, 4.69) is 0 Å². The van der Waals surface area contributed by atoms with Crippen molar-refractivity contribution in [1.29, 1.82) is 0 Å². The van der Waals surface area contributed by atoms with Gasteiger partial charge in [-0.2, -0.15) is 0 Å². The van der Waals surface area contributed by atoms with Gasteiger partial charge in [0.05, 0.1) is 6.10 Å². The summed E-state index contributed by atoms with van der Waals surface area (Å²) in [6, 6.07) is 9.67. The van der Waals surface area contributed by atoms with Gasteiger partial charge in [0, 0.05) is 6.08 Å². The Morgan fingerprint density at radius 2 is 1.90 bits per heavy atom. The molecule has 2 rings (SSSR count). The minimum absolute atomic E-state index is 0.240. The highest BCUT2D eigenvalue weighted by molar-refractivity contribution is 5.87. The van der Waals surface area contributed by atoms with Gasteiger partial charge in [-0.05, 0) is 31.4 Å². The van der Waals surface area contributed by atoms with Crippen molar-refractivity contribution >= 4 is 12.0 Å². The molecule has 0 spiro atoms. The van der Waals surface area contributed by atoms with E-state index in [9.17, 15) is 4.79 Å². The van der Waals surface area contributed by atoms with Crippen molar-refractivity contribution < 1.29 is 14.3 Å². The average Bonchev–Trinajstić information content (AvgIpc) is 2.47. The monoisotopic (exact) mass is 274 g/mol. The SMILES string of the molecule is CC(OC(=O)C=Cc1ccccc1)OC1CCCCC1. The number of hydrogen-bond donors (Lipinski definition) is 0. The van der Waals surface area contributed by atoms with Gasteiger partial charge in [-0.3, -0.25) is 0 Å². The zero-order valence-electron chi connectivity index (χ0n) is 12.0. The summed E-state index contributed by atoms with van der Waals surface area (Å²) in [7, 11) is 0. The van der Waals surface area contributed by atoms with Crippen LogP contribution >= 0.6 is 0 Å². The largest absolute Gasteiger partial charge is 0.433 e. The highest BCUT2D eigenvalue weighted by Gasteiger charge is 2.18. The lowest BCUT2D eigenvalue weighted by Crippen LogP contribution is -2.25. The Labute approximate surface area is 120 Å². The molecule has 1 aliphatic carbocycles. The van der Waals surface area contributed by atoms with Crippen LogP contribution in [0.25, 0.3) is 6.08 Å². The lowest BCUT2D eigenvalue weighted by atomic mass is 9.98. The van der Waals surface area contributed by atoms with Crippen LogP contribution in [-0.2, 0) is 14.3 Å². The number of benzene rings is 1. The second kappa shape index (κ2) is 7.85. The Bertz CT molecular complexity index is 433. The fourth-order valence-corrected chi connectivity index (χ4v) is 2.43. The van der Waals surface area contributed by atoms with Gasteiger partial charge in [0.25, 0.3) is 0 Å². The zero-order chi connectivity index (χ0) is 14.2.